The first kappa shape index (κ1) is 18.9. The number of nitrogens with zero attached hydrogens (tertiary/aromatic N) is 6. The second kappa shape index (κ2) is 8.31. The zero-order valence-electron chi connectivity index (χ0n) is 16.9. The summed E-state index contributed by atoms with van der Waals surface area (Å²) in [7, 11) is 0. The Labute approximate surface area is 167 Å². The van der Waals surface area contributed by atoms with Gasteiger partial charge in [0.15, 0.2) is 0 Å². The number of amides is 1. The second-order valence-electron chi connectivity index (χ2n) is 7.96. The summed E-state index contributed by atoms with van der Waals surface area (Å²) in [5.41, 5.74) is 2.09. The van der Waals surface area contributed by atoms with Gasteiger partial charge >= 0.3 is 0 Å². The highest BCUT2D eigenvalue weighted by atomic mass is 16.2. The molecule has 2 aliphatic rings. The number of aromatic nitrogens is 3. The Morgan fingerprint density at radius 3 is 2.54 bits per heavy atom. The van der Waals surface area contributed by atoms with E-state index in [2.05, 4.69) is 44.2 Å². The zero-order valence-corrected chi connectivity index (χ0v) is 16.9. The van der Waals surface area contributed by atoms with E-state index in [0.717, 1.165) is 63.8 Å². The molecule has 7 heteroatoms. The fourth-order valence-electron chi connectivity index (χ4n) is 4.20. The molecule has 28 heavy (non-hydrogen) atoms. The minimum Gasteiger partial charge on any atom is -0.339 e. The van der Waals surface area contributed by atoms with Crippen molar-refractivity contribution in [2.45, 2.75) is 45.8 Å². The number of rotatable bonds is 3. The van der Waals surface area contributed by atoms with Gasteiger partial charge in [0.25, 0.3) is 5.91 Å². The number of carbonyl (C=O) groups is 1. The van der Waals surface area contributed by atoms with Crippen LogP contribution in [0.3, 0.4) is 0 Å². The van der Waals surface area contributed by atoms with Gasteiger partial charge in [-0.05, 0) is 44.9 Å². The topological polar surface area (TPSA) is 57.5 Å². The van der Waals surface area contributed by atoms with E-state index in [1.807, 2.05) is 17.0 Å². The molecule has 7 nitrogen and oxygen atoms in total. The molecule has 0 radical (unpaired) electrons. The number of hydrogen-bond donors (Lipinski definition) is 0. The maximum Gasteiger partial charge on any atom is 0.270 e. The molecule has 0 spiro atoms. The lowest BCUT2D eigenvalue weighted by Crippen LogP contribution is -2.36. The quantitative estimate of drug-likeness (QED) is 0.815. The van der Waals surface area contributed by atoms with Gasteiger partial charge < -0.3 is 14.4 Å². The van der Waals surface area contributed by atoms with Gasteiger partial charge in [-0.15, -0.1) is 0 Å². The largest absolute Gasteiger partial charge is 0.339 e. The second-order valence-corrected chi connectivity index (χ2v) is 7.96. The molecule has 0 atom stereocenters. The Morgan fingerprint density at radius 1 is 0.964 bits per heavy atom. The lowest BCUT2D eigenvalue weighted by Gasteiger charge is -2.24. The van der Waals surface area contributed by atoms with Gasteiger partial charge in [-0.1, -0.05) is 0 Å². The minimum absolute atomic E-state index is 0.153. The SMILES string of the molecule is CC(C)N1CCCn2c(ccc2C(=O)N2CCCN(c3ncccn3)CC2)C1. The normalized spacial score (nSPS) is 18.7. The van der Waals surface area contributed by atoms with Crippen molar-refractivity contribution >= 4 is 11.9 Å². The first-order valence-electron chi connectivity index (χ1n) is 10.4. The van der Waals surface area contributed by atoms with Crippen molar-refractivity contribution in [3.63, 3.8) is 0 Å². The van der Waals surface area contributed by atoms with Crippen molar-refractivity contribution in [2.24, 2.45) is 0 Å². The molecule has 2 aromatic rings. The highest BCUT2D eigenvalue weighted by Gasteiger charge is 2.26. The average Bonchev–Trinajstić information content (AvgIpc) is 2.89. The van der Waals surface area contributed by atoms with Gasteiger partial charge in [0.05, 0.1) is 0 Å². The molecule has 0 N–H and O–H groups in total. The number of fused-ring (bicyclic) bond motifs is 1. The van der Waals surface area contributed by atoms with Crippen LogP contribution in [-0.4, -0.2) is 69.0 Å². The molecule has 4 heterocycles. The van der Waals surface area contributed by atoms with Crippen LogP contribution >= 0.6 is 0 Å². The van der Waals surface area contributed by atoms with Crippen LogP contribution in [0.25, 0.3) is 0 Å². The van der Waals surface area contributed by atoms with E-state index < -0.39 is 0 Å². The van der Waals surface area contributed by atoms with Gasteiger partial charge in [-0.25, -0.2) is 9.97 Å². The van der Waals surface area contributed by atoms with Gasteiger partial charge in [0.2, 0.25) is 5.95 Å². The summed E-state index contributed by atoms with van der Waals surface area (Å²) in [6.45, 7) is 10.5. The van der Waals surface area contributed by atoms with Crippen LogP contribution in [0, 0.1) is 0 Å². The summed E-state index contributed by atoms with van der Waals surface area (Å²) in [4.78, 5) is 28.7. The highest BCUT2D eigenvalue weighted by molar-refractivity contribution is 5.93. The lowest BCUT2D eigenvalue weighted by molar-refractivity contribution is 0.0755. The Bertz CT molecular complexity index is 802. The maximum atomic E-state index is 13.3. The molecule has 0 aromatic carbocycles. The van der Waals surface area contributed by atoms with Crippen molar-refractivity contribution in [3.05, 3.63) is 42.0 Å². The fourth-order valence-corrected chi connectivity index (χ4v) is 4.20. The molecule has 0 saturated carbocycles. The van der Waals surface area contributed by atoms with Gasteiger partial charge in [0.1, 0.15) is 5.69 Å². The molecule has 0 bridgehead atoms. The van der Waals surface area contributed by atoms with Crippen LogP contribution in [0.5, 0.6) is 0 Å². The van der Waals surface area contributed by atoms with E-state index in [1.54, 1.807) is 12.4 Å². The predicted molar refractivity (Wildman–Crippen MR) is 109 cm³/mol. The van der Waals surface area contributed by atoms with Crippen molar-refractivity contribution in [3.8, 4) is 0 Å². The Kier molecular flexibility index (Phi) is 5.62. The third kappa shape index (κ3) is 3.90. The van der Waals surface area contributed by atoms with E-state index in [1.165, 1.54) is 5.69 Å². The van der Waals surface area contributed by atoms with Gasteiger partial charge in [0, 0.05) is 69.9 Å². The van der Waals surface area contributed by atoms with E-state index in [-0.39, 0.29) is 5.91 Å². The number of hydrogen-bond acceptors (Lipinski definition) is 5. The van der Waals surface area contributed by atoms with Crippen LogP contribution in [-0.2, 0) is 13.1 Å². The number of carbonyl (C=O) groups excluding carboxylic acids is 1. The summed E-state index contributed by atoms with van der Waals surface area (Å²) in [5.74, 6) is 0.905. The third-order valence-electron chi connectivity index (χ3n) is 5.83. The first-order valence-corrected chi connectivity index (χ1v) is 10.4. The molecular weight excluding hydrogens is 352 g/mol. The van der Waals surface area contributed by atoms with Crippen molar-refractivity contribution in [1.29, 1.82) is 0 Å². The van der Waals surface area contributed by atoms with Gasteiger partial charge in [-0.2, -0.15) is 0 Å². The fraction of sp³-hybridized carbons (Fsp3) is 0.571. The van der Waals surface area contributed by atoms with Crippen LogP contribution in [0.2, 0.25) is 0 Å². The van der Waals surface area contributed by atoms with Crippen LogP contribution in [0.1, 0.15) is 42.9 Å². The van der Waals surface area contributed by atoms with Crippen molar-refractivity contribution < 1.29 is 4.79 Å². The Morgan fingerprint density at radius 2 is 1.75 bits per heavy atom. The monoisotopic (exact) mass is 382 g/mol. The summed E-state index contributed by atoms with van der Waals surface area (Å²) >= 11 is 0. The third-order valence-corrected chi connectivity index (χ3v) is 5.83. The summed E-state index contributed by atoms with van der Waals surface area (Å²) in [6, 6.07) is 6.51. The summed E-state index contributed by atoms with van der Waals surface area (Å²) in [5, 5.41) is 0. The molecule has 1 fully saturated rings. The Balaban J connectivity index is 1.47. The Hall–Kier alpha value is -2.41. The molecule has 1 saturated heterocycles. The van der Waals surface area contributed by atoms with Crippen LogP contribution in [0.15, 0.2) is 30.6 Å². The smallest absolute Gasteiger partial charge is 0.270 e. The molecule has 2 aliphatic heterocycles. The van der Waals surface area contributed by atoms with E-state index in [9.17, 15) is 4.79 Å². The lowest BCUT2D eigenvalue weighted by atomic mass is 10.2. The van der Waals surface area contributed by atoms with E-state index in [0.29, 0.717) is 12.6 Å². The summed E-state index contributed by atoms with van der Waals surface area (Å²) in [6.07, 6.45) is 5.55. The number of anilines is 1. The molecule has 0 unspecified atom stereocenters. The van der Waals surface area contributed by atoms with Crippen molar-refractivity contribution in [1.82, 2.24) is 24.3 Å². The molecule has 0 aliphatic carbocycles. The molecule has 2 aromatic heterocycles. The summed E-state index contributed by atoms with van der Waals surface area (Å²) < 4.78 is 2.24. The van der Waals surface area contributed by atoms with Gasteiger partial charge in [-0.3, -0.25) is 9.69 Å². The molecule has 1 amide bonds. The van der Waals surface area contributed by atoms with Crippen molar-refractivity contribution in [2.75, 3.05) is 37.6 Å². The standard InChI is InChI=1S/C21H30N6O/c1-17(2)26-12-5-13-27-18(16-26)6-7-19(27)20(28)24-10-4-11-25(15-14-24)21-22-8-3-9-23-21/h3,6-9,17H,4-5,10-16H2,1-2H3. The maximum absolute atomic E-state index is 13.3. The predicted octanol–water partition coefficient (Wildman–Crippen LogP) is 2.24. The highest BCUT2D eigenvalue weighted by Crippen LogP contribution is 2.21. The minimum atomic E-state index is 0.153. The molecule has 4 rings (SSSR count). The zero-order chi connectivity index (χ0) is 19.5. The van der Waals surface area contributed by atoms with E-state index in [4.69, 9.17) is 0 Å². The first-order chi connectivity index (χ1) is 13.6. The van der Waals surface area contributed by atoms with Crippen LogP contribution < -0.4 is 4.90 Å². The molecule has 150 valence electrons. The van der Waals surface area contributed by atoms with E-state index >= 15 is 0 Å². The average molecular weight is 383 g/mol. The molecular formula is C21H30N6O. The van der Waals surface area contributed by atoms with Crippen LogP contribution in [0.4, 0.5) is 5.95 Å².